The average molecular weight is 202 g/mol. The van der Waals surface area contributed by atoms with E-state index in [9.17, 15) is 4.21 Å². The van der Waals surface area contributed by atoms with Crippen LogP contribution in [0.5, 0.6) is 0 Å². The summed E-state index contributed by atoms with van der Waals surface area (Å²) in [7, 11) is 0. The molecule has 0 aromatic heterocycles. The summed E-state index contributed by atoms with van der Waals surface area (Å²) in [5.74, 6) is 0.332. The molecule has 3 heteroatoms. The van der Waals surface area contributed by atoms with E-state index in [0.717, 1.165) is 12.8 Å². The summed E-state index contributed by atoms with van der Waals surface area (Å²) in [6.45, 7) is 6.42. The lowest BCUT2D eigenvalue weighted by Crippen LogP contribution is -2.24. The van der Waals surface area contributed by atoms with Gasteiger partial charge in [0.15, 0.2) is 11.1 Å². The maximum Gasteiger partial charge on any atom is 0.157 e. The summed E-state index contributed by atoms with van der Waals surface area (Å²) in [6, 6.07) is 0. The fourth-order valence-corrected chi connectivity index (χ4v) is 3.00. The van der Waals surface area contributed by atoms with Gasteiger partial charge < -0.3 is 4.55 Å². The van der Waals surface area contributed by atoms with Gasteiger partial charge in [0.2, 0.25) is 0 Å². The zero-order valence-electron chi connectivity index (χ0n) is 8.59. The summed E-state index contributed by atoms with van der Waals surface area (Å²) in [5.41, 5.74) is 2.64. The molecule has 0 aromatic carbocycles. The van der Waals surface area contributed by atoms with Crippen molar-refractivity contribution in [3.05, 3.63) is 11.1 Å². The maximum absolute atomic E-state index is 10.8. The van der Waals surface area contributed by atoms with E-state index in [4.69, 9.17) is 4.55 Å². The van der Waals surface area contributed by atoms with Gasteiger partial charge in [-0.1, -0.05) is 25.0 Å². The fourth-order valence-electron chi connectivity index (χ4n) is 2.12. The second-order valence-electron chi connectivity index (χ2n) is 4.46. The lowest BCUT2D eigenvalue weighted by Gasteiger charge is -2.33. The molecule has 0 bridgehead atoms. The Morgan fingerprint density at radius 1 is 1.54 bits per heavy atom. The van der Waals surface area contributed by atoms with Crippen LogP contribution in [0, 0.1) is 5.41 Å². The van der Waals surface area contributed by atoms with Crippen LogP contribution >= 0.6 is 0 Å². The van der Waals surface area contributed by atoms with Gasteiger partial charge in [-0.15, -0.1) is 0 Å². The van der Waals surface area contributed by atoms with E-state index < -0.39 is 11.1 Å². The second-order valence-corrected chi connectivity index (χ2v) is 5.39. The van der Waals surface area contributed by atoms with Crippen LogP contribution in [0.3, 0.4) is 0 Å². The predicted molar refractivity (Wildman–Crippen MR) is 56.0 cm³/mol. The van der Waals surface area contributed by atoms with Gasteiger partial charge in [-0.3, -0.25) is 0 Å². The zero-order chi connectivity index (χ0) is 10.1. The molecule has 0 spiro atoms. The Balaban J connectivity index is 2.91. The van der Waals surface area contributed by atoms with Gasteiger partial charge in [0.25, 0.3) is 0 Å². The molecule has 1 unspecified atom stereocenters. The molecule has 2 nitrogen and oxygen atoms in total. The van der Waals surface area contributed by atoms with E-state index in [1.54, 1.807) is 0 Å². The van der Waals surface area contributed by atoms with Gasteiger partial charge in [-0.2, -0.15) is 0 Å². The van der Waals surface area contributed by atoms with Crippen LogP contribution in [0.1, 0.15) is 40.0 Å². The lowest BCUT2D eigenvalue weighted by molar-refractivity contribution is 0.367. The average Bonchev–Trinajstić information content (AvgIpc) is 1.96. The molecule has 0 aromatic rings. The molecule has 0 fully saturated rings. The van der Waals surface area contributed by atoms with Gasteiger partial charge in [0.1, 0.15) is 0 Å². The third-order valence-electron chi connectivity index (χ3n) is 2.95. The Morgan fingerprint density at radius 2 is 2.15 bits per heavy atom. The topological polar surface area (TPSA) is 37.3 Å². The number of allylic oxidation sites excluding steroid dienone is 1. The van der Waals surface area contributed by atoms with Crippen molar-refractivity contribution >= 4 is 11.1 Å². The first kappa shape index (κ1) is 10.9. The van der Waals surface area contributed by atoms with E-state index in [1.165, 1.54) is 17.6 Å². The molecular formula is C10H18O2S. The minimum absolute atomic E-state index is 0.126. The highest BCUT2D eigenvalue weighted by Gasteiger charge is 2.28. The van der Waals surface area contributed by atoms with Crippen molar-refractivity contribution in [2.24, 2.45) is 5.41 Å². The van der Waals surface area contributed by atoms with Crippen molar-refractivity contribution in [3.63, 3.8) is 0 Å². The molecule has 0 amide bonds. The first-order valence-corrected chi connectivity index (χ1v) is 5.97. The second kappa shape index (κ2) is 3.93. The van der Waals surface area contributed by atoms with Gasteiger partial charge in [-0.05, 0) is 31.6 Å². The Labute approximate surface area is 82.7 Å². The SMILES string of the molecule is CC1=C(CS(=O)O)C(C)(C)CCC1. The first-order valence-electron chi connectivity index (χ1n) is 4.70. The van der Waals surface area contributed by atoms with Crippen molar-refractivity contribution < 1.29 is 8.76 Å². The van der Waals surface area contributed by atoms with Crippen LogP contribution < -0.4 is 0 Å². The van der Waals surface area contributed by atoms with Crippen LogP contribution in [-0.4, -0.2) is 14.5 Å². The monoisotopic (exact) mass is 202 g/mol. The summed E-state index contributed by atoms with van der Waals surface area (Å²) in [5, 5.41) is 0. The highest BCUT2D eigenvalue weighted by atomic mass is 32.2. The van der Waals surface area contributed by atoms with E-state index in [-0.39, 0.29) is 5.41 Å². The van der Waals surface area contributed by atoms with Crippen LogP contribution in [0.15, 0.2) is 11.1 Å². The molecule has 1 atom stereocenters. The Bertz CT molecular complexity index is 254. The molecule has 76 valence electrons. The first-order chi connectivity index (χ1) is 5.93. The summed E-state index contributed by atoms with van der Waals surface area (Å²) in [4.78, 5) is 0. The van der Waals surface area contributed by atoms with Crippen molar-refractivity contribution in [1.29, 1.82) is 0 Å². The van der Waals surface area contributed by atoms with Crippen LogP contribution in [-0.2, 0) is 11.1 Å². The molecule has 1 aliphatic rings. The molecule has 0 aliphatic heterocycles. The van der Waals surface area contributed by atoms with E-state index in [2.05, 4.69) is 20.8 Å². The number of rotatable bonds is 2. The quantitative estimate of drug-likeness (QED) is 0.552. The van der Waals surface area contributed by atoms with Gasteiger partial charge in [0.05, 0.1) is 5.75 Å². The molecule has 1 aliphatic carbocycles. The zero-order valence-corrected chi connectivity index (χ0v) is 9.41. The Morgan fingerprint density at radius 3 is 2.62 bits per heavy atom. The van der Waals surface area contributed by atoms with Gasteiger partial charge >= 0.3 is 0 Å². The summed E-state index contributed by atoms with van der Waals surface area (Å²) >= 11 is -1.69. The number of hydrogen-bond donors (Lipinski definition) is 1. The minimum atomic E-state index is -1.69. The maximum atomic E-state index is 10.8. The van der Waals surface area contributed by atoms with Crippen molar-refractivity contribution in [2.45, 2.75) is 40.0 Å². The largest absolute Gasteiger partial charge is 0.306 e. The van der Waals surface area contributed by atoms with Gasteiger partial charge in [0, 0.05) is 0 Å². The highest BCUT2D eigenvalue weighted by Crippen LogP contribution is 2.40. The van der Waals surface area contributed by atoms with E-state index >= 15 is 0 Å². The summed E-state index contributed by atoms with van der Waals surface area (Å²) < 4.78 is 19.7. The third kappa shape index (κ3) is 2.64. The van der Waals surface area contributed by atoms with Crippen molar-refractivity contribution in [2.75, 3.05) is 5.75 Å². The van der Waals surface area contributed by atoms with Crippen LogP contribution in [0.2, 0.25) is 0 Å². The van der Waals surface area contributed by atoms with E-state index in [1.807, 2.05) is 0 Å². The molecule has 0 radical (unpaired) electrons. The Hall–Kier alpha value is -0.150. The normalized spacial score (nSPS) is 24.6. The molecule has 13 heavy (non-hydrogen) atoms. The molecular weight excluding hydrogens is 184 g/mol. The molecule has 0 saturated carbocycles. The third-order valence-corrected chi connectivity index (χ3v) is 3.49. The van der Waals surface area contributed by atoms with E-state index in [0.29, 0.717) is 5.75 Å². The summed E-state index contributed by atoms with van der Waals surface area (Å²) in [6.07, 6.45) is 3.44. The molecule has 0 heterocycles. The molecule has 0 saturated heterocycles. The predicted octanol–water partition coefficient (Wildman–Crippen LogP) is 2.73. The number of hydrogen-bond acceptors (Lipinski definition) is 1. The van der Waals surface area contributed by atoms with Gasteiger partial charge in [-0.25, -0.2) is 4.21 Å². The van der Waals surface area contributed by atoms with Crippen molar-refractivity contribution in [3.8, 4) is 0 Å². The standard InChI is InChI=1S/C10H18O2S/c1-8-5-4-6-10(2,3)9(8)7-13(11)12/h4-7H2,1-3H3,(H,11,12). The molecule has 1 N–H and O–H groups in total. The fraction of sp³-hybridized carbons (Fsp3) is 0.800. The minimum Gasteiger partial charge on any atom is -0.306 e. The van der Waals surface area contributed by atoms with Crippen LogP contribution in [0.25, 0.3) is 0 Å². The molecule has 1 rings (SSSR count). The Kier molecular flexibility index (Phi) is 3.30. The smallest absolute Gasteiger partial charge is 0.157 e. The van der Waals surface area contributed by atoms with Crippen LogP contribution in [0.4, 0.5) is 0 Å². The highest BCUT2D eigenvalue weighted by molar-refractivity contribution is 7.79. The van der Waals surface area contributed by atoms with Crippen molar-refractivity contribution in [1.82, 2.24) is 0 Å². The lowest BCUT2D eigenvalue weighted by atomic mass is 9.73.